The van der Waals surface area contributed by atoms with Gasteiger partial charge in [-0.05, 0) is 36.6 Å². The van der Waals surface area contributed by atoms with Crippen molar-refractivity contribution in [2.75, 3.05) is 27.2 Å². The first-order valence-electron chi connectivity index (χ1n) is 10.6. The van der Waals surface area contributed by atoms with Crippen molar-refractivity contribution in [3.05, 3.63) is 54.0 Å². The molecule has 9 heteroatoms. The number of hydrogen-bond acceptors (Lipinski definition) is 5. The van der Waals surface area contributed by atoms with Crippen LogP contribution in [0.4, 0.5) is 4.39 Å². The Morgan fingerprint density at radius 2 is 1.84 bits per heavy atom. The molecule has 8 nitrogen and oxygen atoms in total. The summed E-state index contributed by atoms with van der Waals surface area (Å²) in [5, 5.41) is 4.34. The molecule has 1 aliphatic rings. The zero-order valence-corrected chi connectivity index (χ0v) is 18.4. The van der Waals surface area contributed by atoms with Crippen LogP contribution in [-0.2, 0) is 9.59 Å². The standard InChI is InChI=1S/C23H27FN6O2/c1-14-26-19-9-8-17(12-30(19)27-14)15-4-6-16(7-5-15)20(22(31)28(2)3)21(25)23(32)29-11-10-18(24)13-29/h4-9,12,18,20-21H,10-11,13,25H2,1-3H3/t18-,20-,21-/m0/s1. The number of pyridine rings is 1. The lowest BCUT2D eigenvalue weighted by Gasteiger charge is -2.28. The Labute approximate surface area is 185 Å². The topological polar surface area (TPSA) is 96.8 Å². The lowest BCUT2D eigenvalue weighted by Crippen LogP contribution is -2.50. The van der Waals surface area contributed by atoms with Gasteiger partial charge in [0.25, 0.3) is 0 Å². The van der Waals surface area contributed by atoms with Crippen LogP contribution >= 0.6 is 0 Å². The molecule has 1 saturated heterocycles. The summed E-state index contributed by atoms with van der Waals surface area (Å²) in [6, 6.07) is 10.2. The van der Waals surface area contributed by atoms with Gasteiger partial charge >= 0.3 is 0 Å². The van der Waals surface area contributed by atoms with Gasteiger partial charge in [0.1, 0.15) is 18.0 Å². The molecule has 32 heavy (non-hydrogen) atoms. The summed E-state index contributed by atoms with van der Waals surface area (Å²) in [5.74, 6) is -0.834. The number of carbonyl (C=O) groups is 2. The molecule has 3 atom stereocenters. The molecule has 0 spiro atoms. The number of aromatic nitrogens is 3. The second-order valence-corrected chi connectivity index (χ2v) is 8.41. The van der Waals surface area contributed by atoms with Crippen LogP contribution in [0.5, 0.6) is 0 Å². The molecule has 0 unspecified atom stereocenters. The van der Waals surface area contributed by atoms with Gasteiger partial charge in [-0.3, -0.25) is 9.59 Å². The maximum Gasteiger partial charge on any atom is 0.240 e. The Kier molecular flexibility index (Phi) is 5.92. The first-order chi connectivity index (χ1) is 15.2. The van der Waals surface area contributed by atoms with E-state index in [0.717, 1.165) is 16.8 Å². The number of aryl methyl sites for hydroxylation is 1. The van der Waals surface area contributed by atoms with Crippen molar-refractivity contribution >= 4 is 17.5 Å². The van der Waals surface area contributed by atoms with E-state index in [1.807, 2.05) is 49.5 Å². The van der Waals surface area contributed by atoms with E-state index in [1.54, 1.807) is 18.6 Å². The second-order valence-electron chi connectivity index (χ2n) is 8.41. The molecule has 2 amide bonds. The highest BCUT2D eigenvalue weighted by Crippen LogP contribution is 2.27. The zero-order valence-electron chi connectivity index (χ0n) is 18.4. The number of rotatable bonds is 5. The lowest BCUT2D eigenvalue weighted by atomic mass is 9.88. The smallest absolute Gasteiger partial charge is 0.240 e. The SMILES string of the molecule is Cc1nc2ccc(-c3ccc([C@H](C(=O)N(C)C)[C@H](N)C(=O)N4CC[C@H](F)C4)cc3)cn2n1. The maximum atomic E-state index is 13.6. The predicted molar refractivity (Wildman–Crippen MR) is 119 cm³/mol. The molecule has 1 aromatic carbocycles. The van der Waals surface area contributed by atoms with E-state index in [2.05, 4.69) is 10.1 Å². The van der Waals surface area contributed by atoms with Gasteiger partial charge in [0.05, 0.1) is 12.5 Å². The van der Waals surface area contributed by atoms with E-state index in [9.17, 15) is 14.0 Å². The third-order valence-electron chi connectivity index (χ3n) is 5.83. The fraction of sp³-hybridized carbons (Fsp3) is 0.391. The van der Waals surface area contributed by atoms with Gasteiger partial charge in [-0.25, -0.2) is 13.9 Å². The number of fused-ring (bicyclic) bond motifs is 1. The van der Waals surface area contributed by atoms with E-state index in [-0.39, 0.29) is 12.5 Å². The number of carbonyl (C=O) groups excluding carboxylic acids is 2. The molecule has 0 aliphatic carbocycles. The average Bonchev–Trinajstić information content (AvgIpc) is 3.37. The van der Waals surface area contributed by atoms with Crippen LogP contribution in [-0.4, -0.2) is 75.6 Å². The Hall–Kier alpha value is -3.33. The van der Waals surface area contributed by atoms with E-state index in [1.165, 1.54) is 9.80 Å². The third kappa shape index (κ3) is 4.20. The lowest BCUT2D eigenvalue weighted by molar-refractivity contribution is -0.138. The molecule has 1 aliphatic heterocycles. The molecular formula is C23H27FN6O2. The molecule has 4 rings (SSSR count). The molecule has 3 heterocycles. The number of nitrogens with two attached hydrogens (primary N) is 1. The minimum Gasteiger partial charge on any atom is -0.348 e. The van der Waals surface area contributed by atoms with Crippen molar-refractivity contribution in [2.45, 2.75) is 31.5 Å². The number of amides is 2. The number of benzene rings is 1. The number of nitrogens with zero attached hydrogens (tertiary/aromatic N) is 5. The fourth-order valence-electron chi connectivity index (χ4n) is 4.10. The van der Waals surface area contributed by atoms with Crippen molar-refractivity contribution in [2.24, 2.45) is 5.73 Å². The van der Waals surface area contributed by atoms with Crippen LogP contribution in [0.3, 0.4) is 0 Å². The Balaban J connectivity index is 1.62. The van der Waals surface area contributed by atoms with Gasteiger partial charge < -0.3 is 15.5 Å². The molecular weight excluding hydrogens is 411 g/mol. The van der Waals surface area contributed by atoms with E-state index < -0.39 is 24.0 Å². The van der Waals surface area contributed by atoms with E-state index >= 15 is 0 Å². The van der Waals surface area contributed by atoms with Gasteiger partial charge in [-0.15, -0.1) is 0 Å². The molecule has 1 fully saturated rings. The summed E-state index contributed by atoms with van der Waals surface area (Å²) in [4.78, 5) is 33.0. The van der Waals surface area contributed by atoms with Crippen LogP contribution < -0.4 is 5.73 Å². The minimum atomic E-state index is -1.09. The average molecular weight is 439 g/mol. The number of halogens is 1. The van der Waals surface area contributed by atoms with Gasteiger partial charge in [0.2, 0.25) is 11.8 Å². The summed E-state index contributed by atoms with van der Waals surface area (Å²) in [7, 11) is 3.26. The van der Waals surface area contributed by atoms with Crippen molar-refractivity contribution < 1.29 is 14.0 Å². The van der Waals surface area contributed by atoms with Crippen LogP contribution in [0.1, 0.15) is 23.7 Å². The zero-order chi connectivity index (χ0) is 23.0. The Morgan fingerprint density at radius 3 is 2.47 bits per heavy atom. The van der Waals surface area contributed by atoms with E-state index in [0.29, 0.717) is 24.4 Å². The highest BCUT2D eigenvalue weighted by Gasteiger charge is 2.37. The highest BCUT2D eigenvalue weighted by atomic mass is 19.1. The largest absolute Gasteiger partial charge is 0.348 e. The van der Waals surface area contributed by atoms with E-state index in [4.69, 9.17) is 5.73 Å². The molecule has 3 aromatic rings. The van der Waals surface area contributed by atoms with Crippen LogP contribution in [0.25, 0.3) is 16.8 Å². The fourth-order valence-corrected chi connectivity index (χ4v) is 4.10. The molecule has 0 saturated carbocycles. The van der Waals surface area contributed by atoms with Crippen molar-refractivity contribution in [3.63, 3.8) is 0 Å². The van der Waals surface area contributed by atoms with Crippen LogP contribution in [0.15, 0.2) is 42.6 Å². The second kappa shape index (κ2) is 8.66. The predicted octanol–water partition coefficient (Wildman–Crippen LogP) is 1.77. The maximum absolute atomic E-state index is 13.6. The van der Waals surface area contributed by atoms with Crippen molar-refractivity contribution in [3.8, 4) is 11.1 Å². The summed E-state index contributed by atoms with van der Waals surface area (Å²) in [6.07, 6.45) is 1.15. The monoisotopic (exact) mass is 438 g/mol. The molecule has 0 bridgehead atoms. The summed E-state index contributed by atoms with van der Waals surface area (Å²) >= 11 is 0. The Bertz CT molecular complexity index is 1140. The van der Waals surface area contributed by atoms with Gasteiger partial charge in [0, 0.05) is 32.4 Å². The molecule has 2 aromatic heterocycles. The molecule has 168 valence electrons. The van der Waals surface area contributed by atoms with Gasteiger partial charge in [-0.2, -0.15) is 5.10 Å². The summed E-state index contributed by atoms with van der Waals surface area (Å²) in [6.45, 7) is 2.18. The normalized spacial score (nSPS) is 18.0. The molecule has 0 radical (unpaired) electrons. The summed E-state index contributed by atoms with van der Waals surface area (Å²) in [5.41, 5.74) is 9.57. The first-order valence-corrected chi connectivity index (χ1v) is 10.6. The van der Waals surface area contributed by atoms with Crippen molar-refractivity contribution in [1.82, 2.24) is 24.4 Å². The van der Waals surface area contributed by atoms with Crippen LogP contribution in [0, 0.1) is 6.92 Å². The third-order valence-corrected chi connectivity index (χ3v) is 5.83. The number of likely N-dealkylation sites (tertiary alicyclic amines) is 1. The number of hydrogen-bond donors (Lipinski definition) is 1. The van der Waals surface area contributed by atoms with Crippen LogP contribution in [0.2, 0.25) is 0 Å². The quantitative estimate of drug-likeness (QED) is 0.655. The molecule has 2 N–H and O–H groups in total. The summed E-state index contributed by atoms with van der Waals surface area (Å²) < 4.78 is 15.3. The minimum absolute atomic E-state index is 0.0264. The number of likely N-dealkylation sites (N-methyl/N-ethyl adjacent to an activating group) is 1. The highest BCUT2D eigenvalue weighted by molar-refractivity contribution is 5.93. The Morgan fingerprint density at radius 1 is 1.16 bits per heavy atom. The van der Waals surface area contributed by atoms with Crippen molar-refractivity contribution in [1.29, 1.82) is 0 Å². The van der Waals surface area contributed by atoms with Gasteiger partial charge in [-0.1, -0.05) is 24.3 Å². The first kappa shape index (κ1) is 21.9. The van der Waals surface area contributed by atoms with Gasteiger partial charge in [0.15, 0.2) is 5.65 Å². The number of alkyl halides is 1.